The minimum absolute atomic E-state index is 0.0272. The smallest absolute Gasteiger partial charge is 0.354 e. The molecule has 0 unspecified atom stereocenters. The Labute approximate surface area is 110 Å². The highest BCUT2D eigenvalue weighted by atomic mass is 16.4. The van der Waals surface area contributed by atoms with Crippen LogP contribution in [0.4, 0.5) is 11.5 Å². The molecule has 0 atom stereocenters. The summed E-state index contributed by atoms with van der Waals surface area (Å²) in [6, 6.07) is 6.76. The molecule has 0 aliphatic rings. The van der Waals surface area contributed by atoms with Crippen LogP contribution in [0.3, 0.4) is 0 Å². The number of hydrogen-bond acceptors (Lipinski definition) is 5. The lowest BCUT2D eigenvalue weighted by molar-refractivity contribution is 0.0690. The van der Waals surface area contributed by atoms with Crippen molar-refractivity contribution in [2.75, 3.05) is 17.6 Å². The number of hydrogen-bond donors (Lipinski definition) is 3. The van der Waals surface area contributed by atoms with Crippen LogP contribution >= 0.6 is 0 Å². The van der Waals surface area contributed by atoms with Crippen molar-refractivity contribution in [2.24, 2.45) is 0 Å². The molecule has 0 saturated carbocycles. The fourth-order valence-electron chi connectivity index (χ4n) is 1.61. The summed E-state index contributed by atoms with van der Waals surface area (Å²) in [5.74, 6) is -0.675. The number of anilines is 2. The number of carbonyl (C=O) groups is 1. The van der Waals surface area contributed by atoms with Crippen LogP contribution in [0.2, 0.25) is 0 Å². The maximum atomic E-state index is 10.8. The van der Waals surface area contributed by atoms with E-state index in [2.05, 4.69) is 15.3 Å². The van der Waals surface area contributed by atoms with Crippen LogP contribution in [0.5, 0.6) is 0 Å². The molecule has 6 heteroatoms. The highest BCUT2D eigenvalue weighted by Crippen LogP contribution is 2.15. The zero-order valence-corrected chi connectivity index (χ0v) is 10.2. The molecule has 2 rings (SSSR count). The molecule has 0 spiro atoms. The number of nitrogens with one attached hydrogen (secondary N) is 1. The predicted molar refractivity (Wildman–Crippen MR) is 72.0 cm³/mol. The third kappa shape index (κ3) is 3.41. The second-order valence-corrected chi connectivity index (χ2v) is 3.97. The van der Waals surface area contributed by atoms with Gasteiger partial charge >= 0.3 is 5.97 Å². The van der Waals surface area contributed by atoms with E-state index < -0.39 is 5.97 Å². The fourth-order valence-corrected chi connectivity index (χ4v) is 1.61. The lowest BCUT2D eigenvalue weighted by atomic mass is 10.2. The van der Waals surface area contributed by atoms with E-state index in [0.717, 1.165) is 12.0 Å². The molecular weight excluding hydrogens is 244 g/mol. The molecule has 2 aromatic rings. The number of pyridine rings is 2. The summed E-state index contributed by atoms with van der Waals surface area (Å²) in [6.45, 7) is 0.615. The largest absolute Gasteiger partial charge is 0.477 e. The number of rotatable bonds is 5. The van der Waals surface area contributed by atoms with Gasteiger partial charge in [0.1, 0.15) is 5.82 Å². The van der Waals surface area contributed by atoms with E-state index in [-0.39, 0.29) is 5.69 Å². The van der Waals surface area contributed by atoms with Crippen molar-refractivity contribution in [1.82, 2.24) is 9.97 Å². The van der Waals surface area contributed by atoms with E-state index in [4.69, 9.17) is 10.8 Å². The topological polar surface area (TPSA) is 101 Å². The van der Waals surface area contributed by atoms with Crippen molar-refractivity contribution < 1.29 is 9.90 Å². The molecule has 2 aromatic heterocycles. The highest BCUT2D eigenvalue weighted by Gasteiger charge is 2.08. The molecular formula is C13H14N4O2. The molecule has 98 valence electrons. The second-order valence-electron chi connectivity index (χ2n) is 3.97. The Bertz CT molecular complexity index is 572. The van der Waals surface area contributed by atoms with Gasteiger partial charge in [0.05, 0.1) is 5.69 Å². The minimum Gasteiger partial charge on any atom is -0.477 e. The number of nitrogens with zero attached hydrogens (tertiary/aromatic N) is 2. The van der Waals surface area contributed by atoms with Crippen LogP contribution < -0.4 is 11.1 Å². The number of aromatic nitrogens is 2. The van der Waals surface area contributed by atoms with Crippen molar-refractivity contribution in [3.05, 3.63) is 47.9 Å². The Balaban J connectivity index is 1.99. The van der Waals surface area contributed by atoms with Crippen molar-refractivity contribution in [1.29, 1.82) is 0 Å². The van der Waals surface area contributed by atoms with Crippen LogP contribution in [0.25, 0.3) is 0 Å². The first-order chi connectivity index (χ1) is 9.16. The number of carboxylic acids is 1. The first-order valence-corrected chi connectivity index (χ1v) is 5.79. The van der Waals surface area contributed by atoms with Crippen molar-refractivity contribution >= 4 is 17.5 Å². The molecule has 0 saturated heterocycles. The Hall–Kier alpha value is -2.63. The standard InChI is InChI=1S/C13H14N4O2/c14-10-1-2-11(13(18)19)17-12(10)16-8-5-9-3-6-15-7-4-9/h1-4,6-7H,5,8,14H2,(H,16,17)(H,18,19). The zero-order valence-electron chi connectivity index (χ0n) is 10.2. The summed E-state index contributed by atoms with van der Waals surface area (Å²) in [5, 5.41) is 11.9. The molecule has 2 heterocycles. The predicted octanol–water partition coefficient (Wildman–Crippen LogP) is 1.41. The Morgan fingerprint density at radius 3 is 2.68 bits per heavy atom. The van der Waals surface area contributed by atoms with Crippen molar-refractivity contribution in [3.63, 3.8) is 0 Å². The van der Waals surface area contributed by atoms with Gasteiger partial charge in [-0.2, -0.15) is 0 Å². The van der Waals surface area contributed by atoms with Crippen LogP contribution in [-0.4, -0.2) is 27.6 Å². The molecule has 0 aliphatic carbocycles. The summed E-state index contributed by atoms with van der Waals surface area (Å²) in [4.78, 5) is 18.7. The summed E-state index contributed by atoms with van der Waals surface area (Å²) in [5.41, 5.74) is 7.28. The van der Waals surface area contributed by atoms with Gasteiger partial charge in [0, 0.05) is 18.9 Å². The van der Waals surface area contributed by atoms with Crippen LogP contribution in [0, 0.1) is 0 Å². The lowest BCUT2D eigenvalue weighted by Gasteiger charge is -2.08. The van der Waals surface area contributed by atoms with E-state index in [1.165, 1.54) is 12.1 Å². The van der Waals surface area contributed by atoms with Gasteiger partial charge in [0.15, 0.2) is 5.69 Å². The third-order valence-corrected chi connectivity index (χ3v) is 2.60. The minimum atomic E-state index is -1.07. The van der Waals surface area contributed by atoms with Crippen LogP contribution in [0.1, 0.15) is 16.1 Å². The molecule has 0 bridgehead atoms. The number of aromatic carboxylic acids is 1. The van der Waals surface area contributed by atoms with E-state index >= 15 is 0 Å². The molecule has 0 aliphatic heterocycles. The second kappa shape index (κ2) is 5.81. The summed E-state index contributed by atoms with van der Waals surface area (Å²) in [6.07, 6.45) is 4.24. The molecule has 0 amide bonds. The number of carboxylic acid groups (broad SMARTS) is 1. The van der Waals surface area contributed by atoms with E-state index in [9.17, 15) is 4.79 Å². The van der Waals surface area contributed by atoms with Crippen molar-refractivity contribution in [3.8, 4) is 0 Å². The first-order valence-electron chi connectivity index (χ1n) is 5.79. The Kier molecular flexibility index (Phi) is 3.92. The van der Waals surface area contributed by atoms with Gasteiger partial charge in [-0.3, -0.25) is 4.98 Å². The molecule has 6 nitrogen and oxygen atoms in total. The van der Waals surface area contributed by atoms with Gasteiger partial charge in [-0.25, -0.2) is 9.78 Å². The fraction of sp³-hybridized carbons (Fsp3) is 0.154. The van der Waals surface area contributed by atoms with Gasteiger partial charge in [0.25, 0.3) is 0 Å². The third-order valence-electron chi connectivity index (χ3n) is 2.60. The lowest BCUT2D eigenvalue weighted by Crippen LogP contribution is -2.11. The number of nitrogen functional groups attached to an aromatic ring is 1. The average molecular weight is 258 g/mol. The molecule has 19 heavy (non-hydrogen) atoms. The van der Waals surface area contributed by atoms with Gasteiger partial charge < -0.3 is 16.2 Å². The van der Waals surface area contributed by atoms with Crippen LogP contribution in [0.15, 0.2) is 36.7 Å². The summed E-state index contributed by atoms with van der Waals surface area (Å²) in [7, 11) is 0. The maximum Gasteiger partial charge on any atom is 0.354 e. The number of nitrogens with two attached hydrogens (primary N) is 1. The molecule has 0 aromatic carbocycles. The van der Waals surface area contributed by atoms with E-state index in [1.54, 1.807) is 12.4 Å². The van der Waals surface area contributed by atoms with Crippen LogP contribution in [-0.2, 0) is 6.42 Å². The van der Waals surface area contributed by atoms with Gasteiger partial charge in [-0.05, 0) is 36.2 Å². The van der Waals surface area contributed by atoms with Gasteiger partial charge in [0.2, 0.25) is 0 Å². The Morgan fingerprint density at radius 2 is 2.00 bits per heavy atom. The van der Waals surface area contributed by atoms with E-state index in [1.807, 2.05) is 12.1 Å². The summed E-state index contributed by atoms with van der Waals surface area (Å²) < 4.78 is 0. The Morgan fingerprint density at radius 1 is 1.26 bits per heavy atom. The molecule has 0 radical (unpaired) electrons. The quantitative estimate of drug-likeness (QED) is 0.749. The molecule has 4 N–H and O–H groups in total. The monoisotopic (exact) mass is 258 g/mol. The normalized spacial score (nSPS) is 10.1. The van der Waals surface area contributed by atoms with Gasteiger partial charge in [-0.15, -0.1) is 0 Å². The highest BCUT2D eigenvalue weighted by molar-refractivity contribution is 5.86. The zero-order chi connectivity index (χ0) is 13.7. The van der Waals surface area contributed by atoms with Crippen molar-refractivity contribution in [2.45, 2.75) is 6.42 Å². The molecule has 0 fully saturated rings. The summed E-state index contributed by atoms with van der Waals surface area (Å²) >= 11 is 0. The van der Waals surface area contributed by atoms with E-state index in [0.29, 0.717) is 18.1 Å². The average Bonchev–Trinajstić information content (AvgIpc) is 2.42. The first kappa shape index (κ1) is 12.8. The van der Waals surface area contributed by atoms with Gasteiger partial charge in [-0.1, -0.05) is 0 Å². The maximum absolute atomic E-state index is 10.8. The SMILES string of the molecule is Nc1ccc(C(=O)O)nc1NCCc1ccncc1.